The molecule has 0 aliphatic heterocycles. The van der Waals surface area contributed by atoms with Crippen molar-refractivity contribution in [1.29, 1.82) is 0 Å². The van der Waals surface area contributed by atoms with Gasteiger partial charge in [-0.25, -0.2) is 4.39 Å². The van der Waals surface area contributed by atoms with Crippen molar-refractivity contribution >= 4 is 5.91 Å². The number of carbonyl (C=O) groups is 1. The van der Waals surface area contributed by atoms with Crippen molar-refractivity contribution < 1.29 is 9.18 Å². The molecule has 0 aromatic heterocycles. The average Bonchev–Trinajstić information content (AvgIpc) is 2.06. The van der Waals surface area contributed by atoms with E-state index in [2.05, 4.69) is 11.8 Å². The van der Waals surface area contributed by atoms with Crippen LogP contribution < -0.4 is 5.73 Å². The van der Waals surface area contributed by atoms with Crippen LogP contribution in [0.3, 0.4) is 0 Å². The summed E-state index contributed by atoms with van der Waals surface area (Å²) in [6.07, 6.45) is 0. The SMILES string of the molecule is Cc1ccc(F)c(C#CC(N)=O)c1. The first kappa shape index (κ1) is 9.27. The first-order chi connectivity index (χ1) is 6.09. The van der Waals surface area contributed by atoms with E-state index < -0.39 is 11.7 Å². The maximum absolute atomic E-state index is 13.0. The number of amides is 1. The van der Waals surface area contributed by atoms with Crippen LogP contribution in [0.5, 0.6) is 0 Å². The Labute approximate surface area is 75.6 Å². The minimum absolute atomic E-state index is 0.193. The van der Waals surface area contributed by atoms with Gasteiger partial charge in [-0.1, -0.05) is 12.0 Å². The molecule has 0 spiro atoms. The quantitative estimate of drug-likeness (QED) is 0.589. The Morgan fingerprint density at radius 2 is 2.23 bits per heavy atom. The fraction of sp³-hybridized carbons (Fsp3) is 0.100. The van der Waals surface area contributed by atoms with Gasteiger partial charge >= 0.3 is 0 Å². The molecule has 13 heavy (non-hydrogen) atoms. The Hall–Kier alpha value is -1.82. The second-order valence-corrected chi connectivity index (χ2v) is 2.60. The number of hydrogen-bond acceptors (Lipinski definition) is 1. The predicted octanol–water partition coefficient (Wildman–Crippen LogP) is 0.971. The van der Waals surface area contributed by atoms with Crippen LogP contribution in [0.2, 0.25) is 0 Å². The van der Waals surface area contributed by atoms with Crippen LogP contribution in [0.25, 0.3) is 0 Å². The van der Waals surface area contributed by atoms with E-state index in [-0.39, 0.29) is 5.56 Å². The summed E-state index contributed by atoms with van der Waals surface area (Å²) in [5.41, 5.74) is 5.87. The molecule has 3 heteroatoms. The van der Waals surface area contributed by atoms with Crippen LogP contribution >= 0.6 is 0 Å². The molecule has 0 aliphatic carbocycles. The van der Waals surface area contributed by atoms with Crippen molar-refractivity contribution in [2.45, 2.75) is 6.92 Å². The maximum atomic E-state index is 13.0. The smallest absolute Gasteiger partial charge is 0.293 e. The zero-order valence-corrected chi connectivity index (χ0v) is 7.10. The molecule has 0 saturated heterocycles. The third kappa shape index (κ3) is 2.60. The topological polar surface area (TPSA) is 43.1 Å². The highest BCUT2D eigenvalue weighted by molar-refractivity contribution is 5.92. The van der Waals surface area contributed by atoms with E-state index in [1.807, 2.05) is 6.92 Å². The van der Waals surface area contributed by atoms with Crippen molar-refractivity contribution in [3.8, 4) is 11.8 Å². The molecule has 1 rings (SSSR count). The van der Waals surface area contributed by atoms with Gasteiger partial charge in [0.2, 0.25) is 0 Å². The molecule has 2 N–H and O–H groups in total. The molecule has 2 nitrogen and oxygen atoms in total. The summed E-state index contributed by atoms with van der Waals surface area (Å²) in [7, 11) is 0. The number of halogens is 1. The van der Waals surface area contributed by atoms with Crippen molar-refractivity contribution in [3.05, 3.63) is 35.1 Å². The number of benzene rings is 1. The molecule has 0 bridgehead atoms. The molecule has 0 heterocycles. The molecule has 1 aromatic carbocycles. The Kier molecular flexibility index (Phi) is 2.65. The van der Waals surface area contributed by atoms with E-state index in [4.69, 9.17) is 5.73 Å². The Morgan fingerprint density at radius 1 is 1.54 bits per heavy atom. The molecule has 66 valence electrons. The van der Waals surface area contributed by atoms with Gasteiger partial charge in [0.25, 0.3) is 5.91 Å². The molecule has 0 saturated carbocycles. The molecule has 1 aromatic rings. The summed E-state index contributed by atoms with van der Waals surface area (Å²) in [6, 6.07) is 4.50. The van der Waals surface area contributed by atoms with Crippen molar-refractivity contribution in [1.82, 2.24) is 0 Å². The molecule has 0 aliphatic rings. The number of carbonyl (C=O) groups excluding carboxylic acids is 1. The van der Waals surface area contributed by atoms with Gasteiger partial charge in [0, 0.05) is 5.92 Å². The van der Waals surface area contributed by atoms with Gasteiger partial charge in [-0.05, 0) is 24.6 Å². The standard InChI is InChI=1S/C10H8FNO/c1-7-2-4-9(11)8(6-7)3-5-10(12)13/h2,4,6H,1H3,(H2,12,13). The van der Waals surface area contributed by atoms with Gasteiger partial charge < -0.3 is 5.73 Å². The lowest BCUT2D eigenvalue weighted by molar-refractivity contribution is -0.112. The summed E-state index contributed by atoms with van der Waals surface area (Å²) < 4.78 is 13.0. The van der Waals surface area contributed by atoms with Crippen LogP contribution in [0, 0.1) is 24.6 Å². The molecule has 1 amide bonds. The van der Waals surface area contributed by atoms with E-state index in [9.17, 15) is 9.18 Å². The van der Waals surface area contributed by atoms with Crippen molar-refractivity contribution in [2.24, 2.45) is 5.73 Å². The summed E-state index contributed by atoms with van der Waals surface area (Å²) in [4.78, 5) is 10.3. The predicted molar refractivity (Wildman–Crippen MR) is 47.2 cm³/mol. The number of rotatable bonds is 0. The molecule has 0 unspecified atom stereocenters. The number of hydrogen-bond donors (Lipinski definition) is 1. The lowest BCUT2D eigenvalue weighted by Gasteiger charge is -1.95. The van der Waals surface area contributed by atoms with E-state index in [1.54, 1.807) is 12.1 Å². The summed E-state index contributed by atoms with van der Waals surface area (Å²) in [6.45, 7) is 1.81. The highest BCUT2D eigenvalue weighted by atomic mass is 19.1. The minimum atomic E-state index is -0.763. The van der Waals surface area contributed by atoms with E-state index in [0.29, 0.717) is 0 Å². The second-order valence-electron chi connectivity index (χ2n) is 2.60. The summed E-state index contributed by atoms with van der Waals surface area (Å²) in [5, 5.41) is 0. The zero-order chi connectivity index (χ0) is 9.84. The van der Waals surface area contributed by atoms with E-state index in [1.165, 1.54) is 6.07 Å². The van der Waals surface area contributed by atoms with Gasteiger partial charge in [0.15, 0.2) is 0 Å². The van der Waals surface area contributed by atoms with Crippen LogP contribution in [-0.4, -0.2) is 5.91 Å². The van der Waals surface area contributed by atoms with Crippen LogP contribution in [0.4, 0.5) is 4.39 Å². The van der Waals surface area contributed by atoms with Gasteiger partial charge in [-0.15, -0.1) is 0 Å². The van der Waals surface area contributed by atoms with E-state index in [0.717, 1.165) is 5.56 Å². The fourth-order valence-electron chi connectivity index (χ4n) is 0.864. The molecular weight excluding hydrogens is 169 g/mol. The molecule has 0 atom stereocenters. The first-order valence-corrected chi connectivity index (χ1v) is 3.67. The lowest BCUT2D eigenvalue weighted by atomic mass is 10.1. The average molecular weight is 177 g/mol. The highest BCUT2D eigenvalue weighted by Gasteiger charge is 1.97. The van der Waals surface area contributed by atoms with Crippen LogP contribution in [-0.2, 0) is 4.79 Å². The number of primary amides is 1. The number of aryl methyl sites for hydroxylation is 1. The third-order valence-corrected chi connectivity index (χ3v) is 1.44. The third-order valence-electron chi connectivity index (χ3n) is 1.44. The minimum Gasteiger partial charge on any atom is -0.359 e. The van der Waals surface area contributed by atoms with Gasteiger partial charge in [-0.3, -0.25) is 4.79 Å². The lowest BCUT2D eigenvalue weighted by Crippen LogP contribution is -2.06. The fourth-order valence-corrected chi connectivity index (χ4v) is 0.864. The Balaban J connectivity index is 3.09. The largest absolute Gasteiger partial charge is 0.359 e. The monoisotopic (exact) mass is 177 g/mol. The molecule has 0 radical (unpaired) electrons. The Morgan fingerprint density at radius 3 is 2.85 bits per heavy atom. The highest BCUT2D eigenvalue weighted by Crippen LogP contribution is 2.07. The summed E-state index contributed by atoms with van der Waals surface area (Å²) in [5.74, 6) is 3.22. The summed E-state index contributed by atoms with van der Waals surface area (Å²) >= 11 is 0. The van der Waals surface area contributed by atoms with Gasteiger partial charge in [0.05, 0.1) is 5.56 Å². The normalized spacial score (nSPS) is 8.77. The van der Waals surface area contributed by atoms with Gasteiger partial charge in [-0.2, -0.15) is 0 Å². The Bertz CT molecular complexity index is 401. The van der Waals surface area contributed by atoms with Crippen LogP contribution in [0.1, 0.15) is 11.1 Å². The first-order valence-electron chi connectivity index (χ1n) is 3.67. The molecule has 0 fully saturated rings. The number of nitrogens with two attached hydrogens (primary N) is 1. The zero-order valence-electron chi connectivity index (χ0n) is 7.10. The maximum Gasteiger partial charge on any atom is 0.293 e. The van der Waals surface area contributed by atoms with Crippen LogP contribution in [0.15, 0.2) is 18.2 Å². The van der Waals surface area contributed by atoms with Crippen molar-refractivity contribution in [2.75, 3.05) is 0 Å². The van der Waals surface area contributed by atoms with E-state index >= 15 is 0 Å². The molecular formula is C10H8FNO. The second kappa shape index (κ2) is 3.72. The van der Waals surface area contributed by atoms with Gasteiger partial charge in [0.1, 0.15) is 5.82 Å². The van der Waals surface area contributed by atoms with Crippen molar-refractivity contribution in [3.63, 3.8) is 0 Å².